The van der Waals surface area contributed by atoms with Crippen LogP contribution in [0.1, 0.15) is 239 Å². The van der Waals surface area contributed by atoms with Crippen molar-refractivity contribution >= 4 is 23.9 Å². The van der Waals surface area contributed by atoms with Crippen molar-refractivity contribution in [1.29, 1.82) is 0 Å². The van der Waals surface area contributed by atoms with E-state index in [1.807, 2.05) is 12.2 Å². The van der Waals surface area contributed by atoms with Crippen LogP contribution in [0.2, 0.25) is 0 Å². The average Bonchev–Trinajstić information content (AvgIpc) is 3.37. The third-order valence-corrected chi connectivity index (χ3v) is 12.8. The van der Waals surface area contributed by atoms with Crippen LogP contribution in [-0.2, 0) is 42.9 Å². The minimum Gasteiger partial charge on any atom is -0.479 e. The summed E-state index contributed by atoms with van der Waals surface area (Å²) in [7, 11) is 0. The smallest absolute Gasteiger partial charge is 0.335 e. The number of hydrogen-bond donors (Lipinski definition) is 3. The molecule has 6 unspecified atom stereocenters. The van der Waals surface area contributed by atoms with Gasteiger partial charge in [0.15, 0.2) is 24.6 Å². The third-order valence-electron chi connectivity index (χ3n) is 12.8. The van der Waals surface area contributed by atoms with Gasteiger partial charge in [0.25, 0.3) is 0 Å². The van der Waals surface area contributed by atoms with Crippen molar-refractivity contribution in [3.8, 4) is 0 Å². The molecular weight excluding hydrogens is 925 g/mol. The molecule has 1 rings (SSSR count). The second-order valence-corrected chi connectivity index (χ2v) is 19.6. The van der Waals surface area contributed by atoms with E-state index < -0.39 is 67.3 Å². The molecule has 0 aromatic rings. The highest BCUT2D eigenvalue weighted by Gasteiger charge is 2.50. The predicted octanol–water partition coefficient (Wildman–Crippen LogP) is 14.6. The Labute approximate surface area is 442 Å². The number of aliphatic carboxylic acids is 1. The molecule has 0 radical (unpaired) electrons. The second kappa shape index (κ2) is 49.1. The maximum absolute atomic E-state index is 13.1. The molecule has 418 valence electrons. The minimum absolute atomic E-state index is 0.0558. The quantitative estimate of drug-likeness (QED) is 0.0228. The Bertz CT molecular complexity index is 1550. The Hall–Kier alpha value is -3.84. The molecule has 1 saturated heterocycles. The van der Waals surface area contributed by atoms with E-state index in [0.29, 0.717) is 19.3 Å². The molecule has 6 atom stereocenters. The first-order valence-electron chi connectivity index (χ1n) is 28.9. The summed E-state index contributed by atoms with van der Waals surface area (Å²) >= 11 is 0. The first-order valence-corrected chi connectivity index (χ1v) is 28.9. The molecule has 0 spiro atoms. The Morgan fingerprint density at radius 1 is 0.466 bits per heavy atom. The first kappa shape index (κ1) is 67.2. The number of carbonyl (C=O) groups is 4. The number of carbonyl (C=O) groups excluding carboxylic acids is 3. The van der Waals surface area contributed by atoms with Gasteiger partial charge in [0.1, 0.15) is 18.8 Å². The molecule has 73 heavy (non-hydrogen) atoms. The lowest BCUT2D eigenvalue weighted by molar-refractivity contribution is -0.301. The predicted molar refractivity (Wildman–Crippen MR) is 294 cm³/mol. The van der Waals surface area contributed by atoms with Gasteiger partial charge in [-0.05, 0) is 57.8 Å². The van der Waals surface area contributed by atoms with Gasteiger partial charge in [-0.15, -0.1) is 0 Å². The standard InChI is InChI=1S/C61H102O12/c1-4-7-10-13-16-19-21-23-25-26-27-28-30-31-33-36-38-41-44-47-53(62)69-50-52(71-54(63)48-45-42-39-35-18-15-12-9-6-3)51-70-61-59(57(66)56(65)58(73-61)60(67)68)72-55(64)49-46-43-40-37-34-32-29-24-22-20-17-14-11-8-5-2/h7,10,16,19,23,25,27-28,31,33,38,41,52,56-59,61,65-66H,4-6,8-9,11-15,17-18,20-22,24,26,29-30,32,34-37,39-40,42-51H2,1-3H3,(H,67,68)/b10-7-,19-16-,25-23-,28-27-,33-31-,41-38-. The summed E-state index contributed by atoms with van der Waals surface area (Å²) < 4.78 is 28.3. The molecule has 0 aromatic heterocycles. The molecule has 0 bridgehead atoms. The fourth-order valence-electron chi connectivity index (χ4n) is 8.39. The lowest BCUT2D eigenvalue weighted by atomic mass is 9.98. The Balaban J connectivity index is 2.70. The van der Waals surface area contributed by atoms with E-state index in [1.54, 1.807) is 0 Å². The van der Waals surface area contributed by atoms with Crippen molar-refractivity contribution in [2.45, 2.75) is 276 Å². The topological polar surface area (TPSA) is 175 Å². The monoisotopic (exact) mass is 1030 g/mol. The van der Waals surface area contributed by atoms with Gasteiger partial charge in [0.05, 0.1) is 6.61 Å². The van der Waals surface area contributed by atoms with E-state index >= 15 is 0 Å². The van der Waals surface area contributed by atoms with Gasteiger partial charge in [0.2, 0.25) is 0 Å². The van der Waals surface area contributed by atoms with Crippen LogP contribution in [-0.4, -0.2) is 89.2 Å². The Kier molecular flexibility index (Phi) is 45.1. The number of aliphatic hydroxyl groups is 2. The zero-order chi connectivity index (χ0) is 53.3. The van der Waals surface area contributed by atoms with Crippen LogP contribution in [0, 0.1) is 0 Å². The molecule has 1 heterocycles. The number of esters is 3. The molecule has 1 aliphatic heterocycles. The molecule has 12 heteroatoms. The number of hydrogen-bond acceptors (Lipinski definition) is 11. The van der Waals surface area contributed by atoms with Crippen LogP contribution < -0.4 is 0 Å². The zero-order valence-corrected chi connectivity index (χ0v) is 45.9. The minimum atomic E-state index is -1.91. The highest BCUT2D eigenvalue weighted by Crippen LogP contribution is 2.26. The van der Waals surface area contributed by atoms with Gasteiger partial charge < -0.3 is 39.0 Å². The summed E-state index contributed by atoms with van der Waals surface area (Å²) in [6.07, 6.45) is 49.0. The SMILES string of the molecule is CC/C=C\C/C=C\C/C=C\C/C=C\C/C=C\C/C=C\CCC(=O)OCC(COC1OC(C(=O)O)C(O)C(O)C1OC(=O)CCCCCCCCCCCCCCCCC)OC(=O)CCCCCCCCCCC. The van der Waals surface area contributed by atoms with Crippen molar-refractivity contribution in [1.82, 2.24) is 0 Å². The second-order valence-electron chi connectivity index (χ2n) is 19.6. The van der Waals surface area contributed by atoms with E-state index in [0.717, 1.165) is 83.5 Å². The number of carboxylic acid groups (broad SMARTS) is 1. The summed E-state index contributed by atoms with van der Waals surface area (Å²) in [5.41, 5.74) is 0. The molecular formula is C61H102O12. The zero-order valence-electron chi connectivity index (χ0n) is 45.9. The van der Waals surface area contributed by atoms with Crippen LogP contribution in [0.4, 0.5) is 0 Å². The van der Waals surface area contributed by atoms with Gasteiger partial charge in [-0.2, -0.15) is 0 Å². The van der Waals surface area contributed by atoms with Crippen LogP contribution >= 0.6 is 0 Å². The van der Waals surface area contributed by atoms with Gasteiger partial charge in [-0.25, -0.2) is 4.79 Å². The summed E-state index contributed by atoms with van der Waals surface area (Å²) in [4.78, 5) is 50.9. The normalized spacial score (nSPS) is 18.8. The number of allylic oxidation sites excluding steroid dienone is 12. The van der Waals surface area contributed by atoms with Gasteiger partial charge in [0, 0.05) is 19.3 Å². The molecule has 0 aromatic carbocycles. The van der Waals surface area contributed by atoms with Crippen LogP contribution in [0.5, 0.6) is 0 Å². The van der Waals surface area contributed by atoms with Gasteiger partial charge in [-0.3, -0.25) is 14.4 Å². The van der Waals surface area contributed by atoms with Crippen molar-refractivity contribution in [2.75, 3.05) is 13.2 Å². The summed E-state index contributed by atoms with van der Waals surface area (Å²) in [5.74, 6) is -3.22. The van der Waals surface area contributed by atoms with Crippen molar-refractivity contribution in [3.63, 3.8) is 0 Å². The van der Waals surface area contributed by atoms with Gasteiger partial charge in [-0.1, -0.05) is 235 Å². The van der Waals surface area contributed by atoms with Crippen molar-refractivity contribution in [3.05, 3.63) is 72.9 Å². The summed E-state index contributed by atoms with van der Waals surface area (Å²) in [6, 6.07) is 0. The van der Waals surface area contributed by atoms with Crippen LogP contribution in [0.3, 0.4) is 0 Å². The highest BCUT2D eigenvalue weighted by molar-refractivity contribution is 5.74. The van der Waals surface area contributed by atoms with Gasteiger partial charge >= 0.3 is 23.9 Å². The molecule has 3 N–H and O–H groups in total. The number of ether oxygens (including phenoxy) is 5. The molecule has 0 aliphatic carbocycles. The molecule has 1 aliphatic rings. The van der Waals surface area contributed by atoms with E-state index in [-0.39, 0.29) is 25.9 Å². The van der Waals surface area contributed by atoms with Crippen molar-refractivity contribution in [2.24, 2.45) is 0 Å². The summed E-state index contributed by atoms with van der Waals surface area (Å²) in [5, 5.41) is 31.4. The molecule has 1 fully saturated rings. The van der Waals surface area contributed by atoms with E-state index in [4.69, 9.17) is 23.7 Å². The maximum Gasteiger partial charge on any atom is 0.335 e. The Morgan fingerprint density at radius 2 is 0.863 bits per heavy atom. The molecule has 0 amide bonds. The number of aliphatic hydroxyl groups excluding tert-OH is 2. The van der Waals surface area contributed by atoms with Crippen LogP contribution in [0.25, 0.3) is 0 Å². The average molecular weight is 1030 g/mol. The maximum atomic E-state index is 13.1. The lowest BCUT2D eigenvalue weighted by Gasteiger charge is -2.40. The fraction of sp³-hybridized carbons (Fsp3) is 0.738. The first-order chi connectivity index (χ1) is 35.6. The van der Waals surface area contributed by atoms with E-state index in [1.165, 1.54) is 96.3 Å². The van der Waals surface area contributed by atoms with Crippen molar-refractivity contribution < 1.29 is 58.2 Å². The van der Waals surface area contributed by atoms with E-state index in [2.05, 4.69) is 81.5 Å². The van der Waals surface area contributed by atoms with Crippen LogP contribution in [0.15, 0.2) is 72.9 Å². The largest absolute Gasteiger partial charge is 0.479 e. The summed E-state index contributed by atoms with van der Waals surface area (Å²) in [6.45, 7) is 5.79. The molecule has 12 nitrogen and oxygen atoms in total. The fourth-order valence-corrected chi connectivity index (χ4v) is 8.39. The Morgan fingerprint density at radius 3 is 1.29 bits per heavy atom. The van der Waals surface area contributed by atoms with E-state index in [9.17, 15) is 34.5 Å². The highest BCUT2D eigenvalue weighted by atomic mass is 16.7. The number of unbranched alkanes of at least 4 members (excludes halogenated alkanes) is 22. The number of carboxylic acids is 1. The lowest BCUT2D eigenvalue weighted by Crippen LogP contribution is -2.61. The third kappa shape index (κ3) is 39.3. The number of rotatable bonds is 48. The molecule has 0 saturated carbocycles.